The summed E-state index contributed by atoms with van der Waals surface area (Å²) in [6.45, 7) is 3.31. The largest absolute Gasteiger partial charge is 0.480 e. The van der Waals surface area contributed by atoms with Gasteiger partial charge in [0.1, 0.15) is 12.1 Å². The molecule has 8 nitrogen and oxygen atoms in total. The molecule has 0 amide bonds. The van der Waals surface area contributed by atoms with Gasteiger partial charge in [-0.15, -0.1) is 0 Å². The number of carboxylic acids is 2. The molecule has 9 N–H and O–H groups in total. The molecule has 0 saturated heterocycles. The van der Waals surface area contributed by atoms with Crippen molar-refractivity contribution >= 4 is 11.9 Å². The molecule has 8 heteroatoms. The average Bonchev–Trinajstić information content (AvgIpc) is 2.27. The van der Waals surface area contributed by atoms with Crippen molar-refractivity contribution in [2.75, 3.05) is 6.54 Å². The summed E-state index contributed by atoms with van der Waals surface area (Å²) in [5.74, 6) is -2.13. The summed E-state index contributed by atoms with van der Waals surface area (Å²) in [5.41, 5.74) is 14.1. The van der Waals surface area contributed by atoms with Crippen LogP contribution in [-0.4, -0.2) is 51.5 Å². The quantitative estimate of drug-likeness (QED) is 0.312. The van der Waals surface area contributed by atoms with Crippen LogP contribution in [0, 0.1) is 0 Å². The van der Waals surface area contributed by atoms with Crippen molar-refractivity contribution in [3.8, 4) is 0 Å². The molecule has 0 saturated carbocycles. The smallest absolute Gasteiger partial charge is 0.323 e. The summed E-state index contributed by atoms with van der Waals surface area (Å²) < 4.78 is 0. The molecule has 0 rings (SSSR count). The molecule has 0 aromatic carbocycles. The number of rotatable bonds is 7. The summed E-state index contributed by atoms with van der Waals surface area (Å²) in [6, 6.07) is -1.93. The molecule has 0 bridgehead atoms. The SMILES string of the molecule is CC(C)(O)C(N)C(=O)O.NCCCC[C@H](N)C(=O)O. The van der Waals surface area contributed by atoms with Crippen LogP contribution in [0.25, 0.3) is 0 Å². The maximum Gasteiger partial charge on any atom is 0.323 e. The summed E-state index contributed by atoms with van der Waals surface area (Å²) >= 11 is 0. The molecule has 2 atom stereocenters. The van der Waals surface area contributed by atoms with Crippen LogP contribution in [0.1, 0.15) is 33.1 Å². The lowest BCUT2D eigenvalue weighted by Crippen LogP contribution is -2.48. The summed E-state index contributed by atoms with van der Waals surface area (Å²) in [5, 5.41) is 25.5. The van der Waals surface area contributed by atoms with Gasteiger partial charge in [0, 0.05) is 0 Å². The first-order valence-electron chi connectivity index (χ1n) is 5.93. The molecule has 19 heavy (non-hydrogen) atoms. The van der Waals surface area contributed by atoms with Crippen molar-refractivity contribution in [1.82, 2.24) is 0 Å². The Kier molecular flexibility index (Phi) is 10.2. The molecule has 0 heterocycles. The maximum absolute atomic E-state index is 10.1. The van der Waals surface area contributed by atoms with Crippen molar-refractivity contribution in [3.05, 3.63) is 0 Å². The lowest BCUT2D eigenvalue weighted by molar-refractivity contribution is -0.144. The van der Waals surface area contributed by atoms with Crippen LogP contribution in [0.3, 0.4) is 0 Å². The van der Waals surface area contributed by atoms with Gasteiger partial charge in [-0.3, -0.25) is 9.59 Å². The van der Waals surface area contributed by atoms with E-state index >= 15 is 0 Å². The Morgan fingerprint density at radius 2 is 1.58 bits per heavy atom. The number of hydrogen-bond acceptors (Lipinski definition) is 6. The molecule has 0 aromatic rings. The summed E-state index contributed by atoms with van der Waals surface area (Å²) in [7, 11) is 0. The minimum absolute atomic E-state index is 0.520. The van der Waals surface area contributed by atoms with Crippen molar-refractivity contribution < 1.29 is 24.9 Å². The molecule has 0 radical (unpaired) electrons. The van der Waals surface area contributed by atoms with E-state index in [0.29, 0.717) is 13.0 Å². The van der Waals surface area contributed by atoms with Crippen LogP contribution in [0.5, 0.6) is 0 Å². The Bertz CT molecular complexity index is 278. The van der Waals surface area contributed by atoms with Crippen LogP contribution in [0.2, 0.25) is 0 Å². The zero-order valence-electron chi connectivity index (χ0n) is 11.4. The Balaban J connectivity index is 0. The number of carboxylic acid groups (broad SMARTS) is 2. The molecular weight excluding hydrogens is 254 g/mol. The zero-order valence-corrected chi connectivity index (χ0v) is 11.4. The van der Waals surface area contributed by atoms with Gasteiger partial charge >= 0.3 is 11.9 Å². The third kappa shape index (κ3) is 11.6. The van der Waals surface area contributed by atoms with Crippen molar-refractivity contribution in [1.29, 1.82) is 0 Å². The number of aliphatic hydroxyl groups is 1. The highest BCUT2D eigenvalue weighted by Crippen LogP contribution is 2.04. The van der Waals surface area contributed by atoms with Crippen molar-refractivity contribution in [3.63, 3.8) is 0 Å². The van der Waals surface area contributed by atoms with E-state index in [2.05, 4.69) is 0 Å². The van der Waals surface area contributed by atoms with Gasteiger partial charge in [0.05, 0.1) is 5.60 Å². The monoisotopic (exact) mass is 279 g/mol. The number of hydrogen-bond donors (Lipinski definition) is 6. The zero-order chi connectivity index (χ0) is 15.6. The molecule has 0 spiro atoms. The summed E-state index contributed by atoms with van der Waals surface area (Å²) in [4.78, 5) is 20.2. The van der Waals surface area contributed by atoms with Crippen molar-refractivity contribution in [2.45, 2.75) is 50.8 Å². The molecular formula is C11H25N3O5. The predicted molar refractivity (Wildman–Crippen MR) is 70.4 cm³/mol. The van der Waals surface area contributed by atoms with Gasteiger partial charge in [0.25, 0.3) is 0 Å². The van der Waals surface area contributed by atoms with E-state index in [0.717, 1.165) is 12.8 Å². The van der Waals surface area contributed by atoms with Gasteiger partial charge < -0.3 is 32.5 Å². The van der Waals surface area contributed by atoms with E-state index < -0.39 is 29.6 Å². The molecule has 0 aromatic heterocycles. The van der Waals surface area contributed by atoms with Gasteiger partial charge in [0.15, 0.2) is 0 Å². The minimum atomic E-state index is -1.34. The van der Waals surface area contributed by atoms with Crippen LogP contribution < -0.4 is 17.2 Å². The molecule has 114 valence electrons. The Labute approximate surface area is 112 Å². The standard InChI is InChI=1S/C6H14N2O2.C5H11NO3/c7-4-2-1-3-5(8)6(9)10;1-5(2,9)3(6)4(7)8/h5H,1-4,7-8H2,(H,9,10);3,9H,6H2,1-2H3,(H,7,8)/t5-;/m0./s1. The van der Waals surface area contributed by atoms with Gasteiger partial charge in [-0.1, -0.05) is 6.42 Å². The normalized spacial score (nSPS) is 14.0. The van der Waals surface area contributed by atoms with Gasteiger partial charge in [-0.05, 0) is 33.2 Å². The number of aliphatic carboxylic acids is 2. The number of carbonyl (C=O) groups is 2. The van der Waals surface area contributed by atoms with E-state index in [9.17, 15) is 9.59 Å². The van der Waals surface area contributed by atoms with Gasteiger partial charge in [-0.25, -0.2) is 0 Å². The molecule has 0 aliphatic heterocycles. The molecule has 1 unspecified atom stereocenters. The van der Waals surface area contributed by atoms with Gasteiger partial charge in [-0.2, -0.15) is 0 Å². The van der Waals surface area contributed by atoms with E-state index in [1.54, 1.807) is 0 Å². The molecule has 0 aliphatic carbocycles. The Morgan fingerprint density at radius 1 is 1.11 bits per heavy atom. The number of unbranched alkanes of at least 4 members (excludes halogenated alkanes) is 1. The fraction of sp³-hybridized carbons (Fsp3) is 0.818. The van der Waals surface area contributed by atoms with Crippen molar-refractivity contribution in [2.24, 2.45) is 17.2 Å². The molecule has 0 aliphatic rings. The topological polar surface area (TPSA) is 173 Å². The highest BCUT2D eigenvalue weighted by atomic mass is 16.4. The fourth-order valence-corrected chi connectivity index (χ4v) is 0.934. The summed E-state index contributed by atoms with van der Waals surface area (Å²) in [6.07, 6.45) is 2.16. The fourth-order valence-electron chi connectivity index (χ4n) is 0.934. The Hall–Kier alpha value is -1.22. The third-order valence-corrected chi connectivity index (χ3v) is 2.31. The lowest BCUT2D eigenvalue weighted by atomic mass is 10.0. The number of nitrogens with two attached hydrogens (primary N) is 3. The van der Waals surface area contributed by atoms with E-state index in [1.807, 2.05) is 0 Å². The second kappa shape index (κ2) is 9.68. The first-order chi connectivity index (χ1) is 8.53. The van der Waals surface area contributed by atoms with Crippen LogP contribution in [0.15, 0.2) is 0 Å². The van der Waals surface area contributed by atoms with Crippen LogP contribution >= 0.6 is 0 Å². The van der Waals surface area contributed by atoms with Gasteiger partial charge in [0.2, 0.25) is 0 Å². The van der Waals surface area contributed by atoms with Crippen LogP contribution in [0.4, 0.5) is 0 Å². The Morgan fingerprint density at radius 3 is 1.79 bits per heavy atom. The molecule has 0 fully saturated rings. The highest BCUT2D eigenvalue weighted by molar-refractivity contribution is 5.74. The van der Waals surface area contributed by atoms with E-state index in [1.165, 1.54) is 13.8 Å². The average molecular weight is 279 g/mol. The van der Waals surface area contributed by atoms with E-state index in [-0.39, 0.29) is 0 Å². The second-order valence-electron chi connectivity index (χ2n) is 4.70. The maximum atomic E-state index is 10.1. The minimum Gasteiger partial charge on any atom is -0.480 e. The van der Waals surface area contributed by atoms with E-state index in [4.69, 9.17) is 32.5 Å². The lowest BCUT2D eigenvalue weighted by Gasteiger charge is -2.20. The first kappa shape index (κ1) is 20.1. The predicted octanol–water partition coefficient (Wildman–Crippen LogP) is -1.30. The van der Waals surface area contributed by atoms with Crippen LogP contribution in [-0.2, 0) is 9.59 Å². The third-order valence-electron chi connectivity index (χ3n) is 2.31. The first-order valence-corrected chi connectivity index (χ1v) is 5.93. The second-order valence-corrected chi connectivity index (χ2v) is 4.70. The highest BCUT2D eigenvalue weighted by Gasteiger charge is 2.28.